The highest BCUT2D eigenvalue weighted by Gasteiger charge is 2.42. The maximum atomic E-state index is 12.0. The van der Waals surface area contributed by atoms with E-state index in [1.165, 1.54) is 11.8 Å². The molecule has 1 aliphatic heterocycles. The number of carbonyl (C=O) groups excluding carboxylic acids is 1. The van der Waals surface area contributed by atoms with Gasteiger partial charge in [0.15, 0.2) is 5.76 Å². The molecule has 1 N–H and O–H groups in total. The summed E-state index contributed by atoms with van der Waals surface area (Å²) in [7, 11) is 0. The maximum Gasteiger partial charge on any atom is 0.286 e. The average molecular weight is 346 g/mol. The minimum Gasteiger partial charge on any atom is -0.459 e. The van der Waals surface area contributed by atoms with Crippen molar-refractivity contribution in [3.63, 3.8) is 0 Å². The summed E-state index contributed by atoms with van der Waals surface area (Å²) >= 11 is 1.75. The molecule has 4 rings (SSSR count). The Morgan fingerprint density at radius 1 is 1.38 bits per heavy atom. The highest BCUT2D eigenvalue weighted by atomic mass is 32.1. The largest absolute Gasteiger partial charge is 0.459 e. The normalized spacial score (nSPS) is 27.1. The zero-order chi connectivity index (χ0) is 16.4. The van der Waals surface area contributed by atoms with Gasteiger partial charge >= 0.3 is 0 Å². The minimum absolute atomic E-state index is 0.144. The first-order chi connectivity index (χ1) is 11.8. The van der Waals surface area contributed by atoms with Crippen LogP contribution >= 0.6 is 11.3 Å². The molecule has 2 aromatic rings. The first-order valence-corrected chi connectivity index (χ1v) is 9.44. The summed E-state index contributed by atoms with van der Waals surface area (Å²) in [6.07, 6.45) is 3.96. The smallest absolute Gasteiger partial charge is 0.286 e. The molecule has 1 saturated heterocycles. The SMILES string of the molecule is O=C(NCC1CCC2C1OCCN2Cc1ccsc1)c1ccco1. The van der Waals surface area contributed by atoms with Gasteiger partial charge in [-0.25, -0.2) is 0 Å². The number of thiophene rings is 1. The number of hydrogen-bond acceptors (Lipinski definition) is 5. The van der Waals surface area contributed by atoms with Crippen LogP contribution in [-0.2, 0) is 11.3 Å². The number of amides is 1. The van der Waals surface area contributed by atoms with Gasteiger partial charge < -0.3 is 14.5 Å². The fraction of sp³-hybridized carbons (Fsp3) is 0.500. The van der Waals surface area contributed by atoms with Crippen LogP contribution in [0.4, 0.5) is 0 Å². The summed E-state index contributed by atoms with van der Waals surface area (Å²) in [5, 5.41) is 7.35. The molecule has 0 bridgehead atoms. The topological polar surface area (TPSA) is 54.7 Å². The molecule has 5 nitrogen and oxygen atoms in total. The molecule has 1 amide bonds. The molecule has 0 aromatic carbocycles. The number of rotatable bonds is 5. The van der Waals surface area contributed by atoms with Crippen LogP contribution in [-0.4, -0.2) is 42.6 Å². The summed E-state index contributed by atoms with van der Waals surface area (Å²) in [5.74, 6) is 0.599. The van der Waals surface area contributed by atoms with Gasteiger partial charge in [-0.3, -0.25) is 9.69 Å². The lowest BCUT2D eigenvalue weighted by atomic mass is 10.0. The van der Waals surface area contributed by atoms with Crippen LogP contribution < -0.4 is 5.32 Å². The van der Waals surface area contributed by atoms with Crippen LogP contribution in [0.5, 0.6) is 0 Å². The number of carbonyl (C=O) groups is 1. The van der Waals surface area contributed by atoms with Crippen molar-refractivity contribution in [2.24, 2.45) is 5.92 Å². The van der Waals surface area contributed by atoms with Crippen molar-refractivity contribution in [3.05, 3.63) is 46.5 Å². The van der Waals surface area contributed by atoms with Gasteiger partial charge in [-0.05, 0) is 47.4 Å². The first-order valence-electron chi connectivity index (χ1n) is 8.49. The van der Waals surface area contributed by atoms with E-state index in [-0.39, 0.29) is 12.0 Å². The molecule has 6 heteroatoms. The lowest BCUT2D eigenvalue weighted by Crippen LogP contribution is -2.50. The standard InChI is InChI=1S/C18H22N2O3S/c21-18(16-2-1-7-22-16)19-10-14-3-4-15-17(14)23-8-6-20(15)11-13-5-9-24-12-13/h1-2,5,7,9,12,14-15,17H,3-4,6,8,10-11H2,(H,19,21). The fourth-order valence-corrected chi connectivity index (χ4v) is 4.55. The predicted molar refractivity (Wildman–Crippen MR) is 92.0 cm³/mol. The van der Waals surface area contributed by atoms with Gasteiger partial charge in [0.25, 0.3) is 5.91 Å². The molecule has 3 atom stereocenters. The fourth-order valence-electron chi connectivity index (χ4n) is 3.89. The molecular weight excluding hydrogens is 324 g/mol. The van der Waals surface area contributed by atoms with E-state index in [1.807, 2.05) is 0 Å². The molecule has 128 valence electrons. The molecular formula is C18H22N2O3S. The Morgan fingerprint density at radius 2 is 2.33 bits per heavy atom. The van der Waals surface area contributed by atoms with Crippen molar-refractivity contribution in [2.45, 2.75) is 31.5 Å². The molecule has 2 aromatic heterocycles. The second kappa shape index (κ2) is 7.09. The molecule has 1 saturated carbocycles. The molecule has 1 aliphatic carbocycles. The molecule has 0 spiro atoms. The summed E-state index contributed by atoms with van der Waals surface area (Å²) in [6, 6.07) is 6.08. The van der Waals surface area contributed by atoms with Gasteiger partial charge in [0, 0.05) is 31.6 Å². The average Bonchev–Trinajstić information content (AvgIpc) is 3.34. The van der Waals surface area contributed by atoms with Crippen LogP contribution in [0.25, 0.3) is 0 Å². The van der Waals surface area contributed by atoms with Gasteiger partial charge in [-0.15, -0.1) is 0 Å². The summed E-state index contributed by atoms with van der Waals surface area (Å²) < 4.78 is 11.2. The zero-order valence-electron chi connectivity index (χ0n) is 13.5. The number of morpholine rings is 1. The second-order valence-electron chi connectivity index (χ2n) is 6.53. The number of nitrogens with zero attached hydrogens (tertiary/aromatic N) is 1. The van der Waals surface area contributed by atoms with Crippen molar-refractivity contribution in [1.82, 2.24) is 10.2 Å². The number of hydrogen-bond donors (Lipinski definition) is 1. The quantitative estimate of drug-likeness (QED) is 0.904. The molecule has 0 radical (unpaired) electrons. The van der Waals surface area contributed by atoms with Crippen molar-refractivity contribution in [1.29, 1.82) is 0 Å². The number of nitrogens with one attached hydrogen (secondary N) is 1. The summed E-state index contributed by atoms with van der Waals surface area (Å²) in [5.41, 5.74) is 1.38. The molecule has 3 unspecified atom stereocenters. The Labute approximate surface area is 145 Å². The van der Waals surface area contributed by atoms with E-state index in [2.05, 4.69) is 27.0 Å². The maximum absolute atomic E-state index is 12.0. The van der Waals surface area contributed by atoms with Gasteiger partial charge in [0.05, 0.1) is 19.0 Å². The Hall–Kier alpha value is -1.63. The van der Waals surface area contributed by atoms with Gasteiger partial charge in [-0.1, -0.05) is 0 Å². The Kier molecular flexibility index (Phi) is 4.69. The third kappa shape index (κ3) is 3.27. The van der Waals surface area contributed by atoms with E-state index in [9.17, 15) is 4.79 Å². The third-order valence-corrected chi connectivity index (χ3v) is 5.80. The minimum atomic E-state index is -0.144. The monoisotopic (exact) mass is 346 g/mol. The lowest BCUT2D eigenvalue weighted by molar-refractivity contribution is -0.0757. The van der Waals surface area contributed by atoms with Crippen LogP contribution in [0.2, 0.25) is 0 Å². The lowest BCUT2D eigenvalue weighted by Gasteiger charge is -2.39. The van der Waals surface area contributed by atoms with E-state index in [0.29, 0.717) is 24.3 Å². The highest BCUT2D eigenvalue weighted by molar-refractivity contribution is 7.07. The van der Waals surface area contributed by atoms with Crippen molar-refractivity contribution in [3.8, 4) is 0 Å². The molecule has 24 heavy (non-hydrogen) atoms. The van der Waals surface area contributed by atoms with Crippen molar-refractivity contribution in [2.75, 3.05) is 19.7 Å². The van der Waals surface area contributed by atoms with Crippen LogP contribution in [0, 0.1) is 5.92 Å². The molecule has 2 fully saturated rings. The number of furan rings is 1. The first kappa shape index (κ1) is 15.9. The highest BCUT2D eigenvalue weighted by Crippen LogP contribution is 2.35. The van der Waals surface area contributed by atoms with Gasteiger partial charge in [0.2, 0.25) is 0 Å². The number of fused-ring (bicyclic) bond motifs is 1. The number of ether oxygens (including phenoxy) is 1. The molecule has 2 aliphatic rings. The predicted octanol–water partition coefficient (Wildman–Crippen LogP) is 2.75. The van der Waals surface area contributed by atoms with Gasteiger partial charge in [-0.2, -0.15) is 11.3 Å². The van der Waals surface area contributed by atoms with E-state index in [1.54, 1.807) is 23.5 Å². The van der Waals surface area contributed by atoms with E-state index >= 15 is 0 Å². The van der Waals surface area contributed by atoms with E-state index < -0.39 is 0 Å². The van der Waals surface area contributed by atoms with E-state index in [0.717, 1.165) is 32.5 Å². The Bertz CT molecular complexity index is 656. The van der Waals surface area contributed by atoms with Crippen LogP contribution in [0.1, 0.15) is 29.0 Å². The van der Waals surface area contributed by atoms with Crippen molar-refractivity contribution >= 4 is 17.2 Å². The van der Waals surface area contributed by atoms with Gasteiger partial charge in [0.1, 0.15) is 0 Å². The Balaban J connectivity index is 1.35. The summed E-state index contributed by atoms with van der Waals surface area (Å²) in [4.78, 5) is 14.6. The van der Waals surface area contributed by atoms with Crippen molar-refractivity contribution < 1.29 is 13.9 Å². The second-order valence-corrected chi connectivity index (χ2v) is 7.31. The van der Waals surface area contributed by atoms with E-state index in [4.69, 9.17) is 9.15 Å². The summed E-state index contributed by atoms with van der Waals surface area (Å²) in [6.45, 7) is 3.41. The zero-order valence-corrected chi connectivity index (χ0v) is 14.3. The van der Waals surface area contributed by atoms with Crippen LogP contribution in [0.3, 0.4) is 0 Å². The van der Waals surface area contributed by atoms with Crippen LogP contribution in [0.15, 0.2) is 39.6 Å². The third-order valence-electron chi connectivity index (χ3n) is 5.07. The molecule has 3 heterocycles. The Morgan fingerprint density at radius 3 is 3.12 bits per heavy atom.